The summed E-state index contributed by atoms with van der Waals surface area (Å²) in [5.74, 6) is 0.984. The van der Waals surface area contributed by atoms with Gasteiger partial charge in [-0.1, -0.05) is 18.2 Å². The molecule has 23 heavy (non-hydrogen) atoms. The van der Waals surface area contributed by atoms with Crippen LogP contribution in [-0.4, -0.2) is 19.6 Å². The first-order chi connectivity index (χ1) is 11.1. The van der Waals surface area contributed by atoms with Crippen molar-refractivity contribution in [3.8, 4) is 0 Å². The Morgan fingerprint density at radius 1 is 1.00 bits per heavy atom. The number of aromatic nitrogens is 4. The molecule has 0 aliphatic rings. The fourth-order valence-corrected chi connectivity index (χ4v) is 2.65. The molecule has 0 aliphatic heterocycles. The second-order valence-electron chi connectivity index (χ2n) is 5.59. The molecule has 0 fully saturated rings. The third-order valence-corrected chi connectivity index (χ3v) is 4.02. The average Bonchev–Trinajstić information content (AvgIpc) is 2.94. The van der Waals surface area contributed by atoms with Gasteiger partial charge in [0.1, 0.15) is 0 Å². The zero-order chi connectivity index (χ0) is 16.0. The molecule has 4 aromatic rings. The fraction of sp³-hybridized carbons (Fsp3) is 0.118. The van der Waals surface area contributed by atoms with Crippen LogP contribution in [0.25, 0.3) is 16.7 Å². The molecule has 0 unspecified atom stereocenters. The van der Waals surface area contributed by atoms with Crippen LogP contribution in [-0.2, 0) is 0 Å². The fourth-order valence-electron chi connectivity index (χ4n) is 2.65. The zero-order valence-corrected chi connectivity index (χ0v) is 12.9. The van der Waals surface area contributed by atoms with Gasteiger partial charge in [0.25, 0.3) is 0 Å². The highest BCUT2D eigenvalue weighted by molar-refractivity contribution is 5.85. The van der Waals surface area contributed by atoms with Crippen molar-refractivity contribution in [3.63, 3.8) is 0 Å². The van der Waals surface area contributed by atoms with Gasteiger partial charge in [-0.2, -0.15) is 0 Å². The molecular formula is C17H16N6. The van der Waals surface area contributed by atoms with E-state index in [1.165, 1.54) is 11.1 Å². The van der Waals surface area contributed by atoms with E-state index in [1.54, 1.807) is 0 Å². The van der Waals surface area contributed by atoms with Gasteiger partial charge in [-0.05, 0) is 49.2 Å². The lowest BCUT2D eigenvalue weighted by atomic mass is 10.1. The van der Waals surface area contributed by atoms with Crippen LogP contribution < -0.4 is 11.1 Å². The Morgan fingerprint density at radius 2 is 1.83 bits per heavy atom. The number of nitrogens with one attached hydrogen (secondary N) is 1. The van der Waals surface area contributed by atoms with E-state index >= 15 is 0 Å². The number of benzene rings is 2. The van der Waals surface area contributed by atoms with E-state index in [2.05, 4.69) is 46.5 Å². The van der Waals surface area contributed by atoms with Crippen molar-refractivity contribution in [2.75, 3.05) is 11.1 Å². The van der Waals surface area contributed by atoms with Crippen LogP contribution in [0.15, 0.2) is 42.5 Å². The lowest BCUT2D eigenvalue weighted by Gasteiger charge is -2.10. The molecule has 4 rings (SSSR count). The zero-order valence-electron chi connectivity index (χ0n) is 12.9. The van der Waals surface area contributed by atoms with Crippen molar-refractivity contribution in [2.45, 2.75) is 13.8 Å². The van der Waals surface area contributed by atoms with Crippen LogP contribution in [0.5, 0.6) is 0 Å². The lowest BCUT2D eigenvalue weighted by Crippen LogP contribution is -2.02. The standard InChI is InChI=1S/C17H16N6/c1-10-7-8-12(9-11(10)2)19-15-16-21-22-17(18)23(16)14-6-4-3-5-13(14)20-15/h3-9H,1-2H3,(H2,18,22)(H,19,20). The number of hydrogen-bond acceptors (Lipinski definition) is 5. The third kappa shape index (κ3) is 2.15. The Kier molecular flexibility index (Phi) is 2.90. The predicted octanol–water partition coefficient (Wildman–Crippen LogP) is 3.22. The summed E-state index contributed by atoms with van der Waals surface area (Å²) in [4.78, 5) is 4.67. The van der Waals surface area contributed by atoms with Crippen LogP contribution in [0, 0.1) is 13.8 Å². The molecule has 0 aliphatic carbocycles. The molecule has 3 N–H and O–H groups in total. The summed E-state index contributed by atoms with van der Waals surface area (Å²) in [5, 5.41) is 11.5. The normalized spacial score (nSPS) is 11.2. The summed E-state index contributed by atoms with van der Waals surface area (Å²) in [7, 11) is 0. The topological polar surface area (TPSA) is 81.1 Å². The van der Waals surface area contributed by atoms with E-state index in [0.29, 0.717) is 17.4 Å². The first kappa shape index (κ1) is 13.5. The second kappa shape index (κ2) is 4.95. The summed E-state index contributed by atoms with van der Waals surface area (Å²) >= 11 is 0. The first-order valence-electron chi connectivity index (χ1n) is 7.37. The molecule has 114 valence electrons. The number of rotatable bonds is 2. The number of nitrogens with zero attached hydrogens (tertiary/aromatic N) is 4. The number of hydrogen-bond donors (Lipinski definition) is 2. The van der Waals surface area contributed by atoms with Gasteiger partial charge in [-0.25, -0.2) is 4.98 Å². The van der Waals surface area contributed by atoms with Crippen molar-refractivity contribution < 1.29 is 0 Å². The van der Waals surface area contributed by atoms with Gasteiger partial charge in [0.15, 0.2) is 5.82 Å². The Bertz CT molecular complexity index is 1030. The highest BCUT2D eigenvalue weighted by atomic mass is 15.3. The van der Waals surface area contributed by atoms with Gasteiger partial charge < -0.3 is 11.1 Å². The van der Waals surface area contributed by atoms with Crippen LogP contribution in [0.3, 0.4) is 0 Å². The minimum absolute atomic E-state index is 0.349. The van der Waals surface area contributed by atoms with Crippen LogP contribution in [0.4, 0.5) is 17.5 Å². The Hall–Kier alpha value is -3.15. The number of para-hydroxylation sites is 2. The van der Waals surface area contributed by atoms with Gasteiger partial charge in [0.05, 0.1) is 11.0 Å². The maximum atomic E-state index is 5.98. The number of nitrogen functional groups attached to an aromatic ring is 1. The minimum atomic E-state index is 0.349. The van der Waals surface area contributed by atoms with E-state index in [1.807, 2.05) is 34.7 Å². The van der Waals surface area contributed by atoms with E-state index in [-0.39, 0.29) is 0 Å². The molecule has 0 amide bonds. The molecule has 0 radical (unpaired) electrons. The molecule has 0 saturated carbocycles. The molecule has 6 heteroatoms. The van der Waals surface area contributed by atoms with E-state index in [9.17, 15) is 0 Å². The smallest absolute Gasteiger partial charge is 0.227 e. The average molecular weight is 304 g/mol. The number of fused-ring (bicyclic) bond motifs is 3. The Morgan fingerprint density at radius 3 is 2.65 bits per heavy atom. The minimum Gasteiger partial charge on any atom is -0.368 e. The highest BCUT2D eigenvalue weighted by Gasteiger charge is 2.13. The maximum Gasteiger partial charge on any atom is 0.227 e. The van der Waals surface area contributed by atoms with Crippen LogP contribution in [0.1, 0.15) is 11.1 Å². The molecule has 0 saturated heterocycles. The monoisotopic (exact) mass is 304 g/mol. The quantitative estimate of drug-likeness (QED) is 0.594. The van der Waals surface area contributed by atoms with Crippen molar-refractivity contribution in [3.05, 3.63) is 53.6 Å². The third-order valence-electron chi connectivity index (χ3n) is 4.02. The molecule has 0 atom stereocenters. The van der Waals surface area contributed by atoms with E-state index in [0.717, 1.165) is 16.7 Å². The second-order valence-corrected chi connectivity index (χ2v) is 5.59. The van der Waals surface area contributed by atoms with Crippen molar-refractivity contribution in [2.24, 2.45) is 0 Å². The van der Waals surface area contributed by atoms with Crippen LogP contribution in [0.2, 0.25) is 0 Å². The number of nitrogens with two attached hydrogens (primary N) is 1. The first-order valence-corrected chi connectivity index (χ1v) is 7.37. The molecular weight excluding hydrogens is 288 g/mol. The van der Waals surface area contributed by atoms with Gasteiger partial charge in [0, 0.05) is 5.69 Å². The Labute approximate surface area is 133 Å². The highest BCUT2D eigenvalue weighted by Crippen LogP contribution is 2.25. The molecule has 6 nitrogen and oxygen atoms in total. The van der Waals surface area contributed by atoms with Gasteiger partial charge in [-0.3, -0.25) is 4.40 Å². The predicted molar refractivity (Wildman–Crippen MR) is 91.9 cm³/mol. The van der Waals surface area contributed by atoms with Crippen molar-refractivity contribution in [1.29, 1.82) is 0 Å². The molecule has 2 aromatic carbocycles. The largest absolute Gasteiger partial charge is 0.368 e. The maximum absolute atomic E-state index is 5.98. The van der Waals surface area contributed by atoms with E-state index in [4.69, 9.17) is 5.73 Å². The van der Waals surface area contributed by atoms with Gasteiger partial charge in [0.2, 0.25) is 11.6 Å². The van der Waals surface area contributed by atoms with Gasteiger partial charge in [-0.15, -0.1) is 10.2 Å². The summed E-state index contributed by atoms with van der Waals surface area (Å²) in [6.45, 7) is 4.17. The summed E-state index contributed by atoms with van der Waals surface area (Å²) < 4.78 is 1.81. The van der Waals surface area contributed by atoms with Gasteiger partial charge >= 0.3 is 0 Å². The molecule has 0 bridgehead atoms. The number of aryl methyl sites for hydroxylation is 2. The molecule has 2 heterocycles. The van der Waals surface area contributed by atoms with E-state index < -0.39 is 0 Å². The van der Waals surface area contributed by atoms with Crippen LogP contribution >= 0.6 is 0 Å². The summed E-state index contributed by atoms with van der Waals surface area (Å²) in [6.07, 6.45) is 0. The SMILES string of the molecule is Cc1ccc(Nc2nc3ccccc3n3c(N)nnc23)cc1C. The summed E-state index contributed by atoms with van der Waals surface area (Å²) in [6, 6.07) is 14.0. The van der Waals surface area contributed by atoms with Crippen molar-refractivity contribution in [1.82, 2.24) is 19.6 Å². The summed E-state index contributed by atoms with van der Waals surface area (Å²) in [5.41, 5.74) is 11.7. The lowest BCUT2D eigenvalue weighted by molar-refractivity contribution is 1.12. The van der Waals surface area contributed by atoms with Crippen molar-refractivity contribution >= 4 is 34.1 Å². The molecule has 0 spiro atoms. The Balaban J connectivity index is 1.93. The molecule has 2 aromatic heterocycles. The number of anilines is 3.